The molecule has 0 unspecified atom stereocenters. The maximum absolute atomic E-state index is 5.41. The van der Waals surface area contributed by atoms with E-state index in [0.29, 0.717) is 0 Å². The Morgan fingerprint density at radius 3 is 2.65 bits per heavy atom. The first-order valence-electron chi connectivity index (χ1n) is 11.0. The summed E-state index contributed by atoms with van der Waals surface area (Å²) in [7, 11) is 2.12. The van der Waals surface area contributed by atoms with Gasteiger partial charge in [0.25, 0.3) is 0 Å². The molecule has 2 aromatic rings. The van der Waals surface area contributed by atoms with Gasteiger partial charge in [-0.25, -0.2) is 0 Å². The fourth-order valence-corrected chi connectivity index (χ4v) is 3.04. The molecular weight excluding hydrogens is 505 g/mol. The van der Waals surface area contributed by atoms with Crippen LogP contribution in [0.25, 0.3) is 0 Å². The highest BCUT2D eigenvalue weighted by atomic mass is 127. The third kappa shape index (κ3) is 10.8. The van der Waals surface area contributed by atoms with Gasteiger partial charge in [0.2, 0.25) is 0 Å². The van der Waals surface area contributed by atoms with Crippen molar-refractivity contribution >= 4 is 35.6 Å². The lowest BCUT2D eigenvalue weighted by molar-refractivity contribution is 0.145. The van der Waals surface area contributed by atoms with Crippen LogP contribution in [0.1, 0.15) is 32.5 Å². The van der Waals surface area contributed by atoms with E-state index < -0.39 is 0 Å². The Hall–Kier alpha value is -1.88. The molecule has 2 rings (SSSR count). The fourth-order valence-electron chi connectivity index (χ4n) is 3.04. The number of anilines is 1. The van der Waals surface area contributed by atoms with Gasteiger partial charge in [0.15, 0.2) is 5.96 Å². The third-order valence-electron chi connectivity index (χ3n) is 4.74. The maximum atomic E-state index is 5.41. The van der Waals surface area contributed by atoms with Crippen LogP contribution in [0, 0.1) is 0 Å². The number of aryl methyl sites for hydroxylation is 1. The smallest absolute Gasteiger partial charge is 0.191 e. The van der Waals surface area contributed by atoms with Gasteiger partial charge in [0, 0.05) is 65.1 Å². The Kier molecular flexibility index (Phi) is 14.7. The normalized spacial score (nSPS) is 11.1. The number of aliphatic imine (C=N–C) groups is 1. The minimum atomic E-state index is 0. The van der Waals surface area contributed by atoms with Crippen LogP contribution >= 0.6 is 24.0 Å². The summed E-state index contributed by atoms with van der Waals surface area (Å²) >= 11 is 0. The minimum Gasteiger partial charge on any atom is -0.382 e. The summed E-state index contributed by atoms with van der Waals surface area (Å²) in [5.74, 6) is 1.85. The third-order valence-corrected chi connectivity index (χ3v) is 4.74. The van der Waals surface area contributed by atoms with E-state index in [1.807, 2.05) is 13.0 Å². The molecule has 1 aromatic carbocycles. The van der Waals surface area contributed by atoms with E-state index in [0.717, 1.165) is 77.0 Å². The minimum absolute atomic E-state index is 0. The number of hydrogen-bond acceptors (Lipinski definition) is 5. The summed E-state index contributed by atoms with van der Waals surface area (Å²) in [6.45, 7) is 9.78. The molecule has 0 saturated carbocycles. The standard InChI is InChI=1S/C22H37N7O.HI/c1-4-21-27-26-19-29(21)17-15-25-22(24-14-10-18-30-5-2)23-13-9-16-28(3)20-11-7-6-8-12-20;/h6-8,11-12,19H,4-5,9-10,13-18H2,1-3H3,(H2,23,24,25);1H. The van der Waals surface area contributed by atoms with Gasteiger partial charge in [-0.05, 0) is 31.9 Å². The number of rotatable bonds is 14. The lowest BCUT2D eigenvalue weighted by Gasteiger charge is -2.19. The number of para-hydroxylation sites is 1. The van der Waals surface area contributed by atoms with Crippen molar-refractivity contribution in [2.24, 2.45) is 4.99 Å². The number of halogens is 1. The summed E-state index contributed by atoms with van der Waals surface area (Å²) in [5.41, 5.74) is 1.23. The van der Waals surface area contributed by atoms with Crippen molar-refractivity contribution in [2.75, 3.05) is 51.3 Å². The average Bonchev–Trinajstić information content (AvgIpc) is 3.24. The predicted molar refractivity (Wildman–Crippen MR) is 139 cm³/mol. The van der Waals surface area contributed by atoms with E-state index in [9.17, 15) is 0 Å². The fraction of sp³-hybridized carbons (Fsp3) is 0.591. The van der Waals surface area contributed by atoms with Crippen molar-refractivity contribution in [2.45, 2.75) is 39.7 Å². The van der Waals surface area contributed by atoms with Gasteiger partial charge < -0.3 is 24.8 Å². The molecule has 1 heterocycles. The number of nitrogens with one attached hydrogen (secondary N) is 2. The molecule has 0 aliphatic heterocycles. The molecule has 1 aromatic heterocycles. The SMILES string of the molecule is CCOCCCNC(=NCCCN(C)c1ccccc1)NCCn1cnnc1CC.I. The molecule has 0 aliphatic carbocycles. The molecule has 0 radical (unpaired) electrons. The number of benzene rings is 1. The Bertz CT molecular complexity index is 724. The van der Waals surface area contributed by atoms with Crippen molar-refractivity contribution in [3.63, 3.8) is 0 Å². The van der Waals surface area contributed by atoms with Crippen LogP contribution in [-0.2, 0) is 17.7 Å². The monoisotopic (exact) mass is 543 g/mol. The molecular formula is C22H38IN7O. The molecule has 2 N–H and O–H groups in total. The molecule has 0 spiro atoms. The summed E-state index contributed by atoms with van der Waals surface area (Å²) in [6.07, 6.45) is 4.61. The van der Waals surface area contributed by atoms with Crippen molar-refractivity contribution < 1.29 is 4.74 Å². The van der Waals surface area contributed by atoms with Gasteiger partial charge in [0.05, 0.1) is 0 Å². The van der Waals surface area contributed by atoms with Crippen LogP contribution in [0.15, 0.2) is 41.7 Å². The number of aromatic nitrogens is 3. The van der Waals surface area contributed by atoms with Gasteiger partial charge in [0.1, 0.15) is 12.2 Å². The summed E-state index contributed by atoms with van der Waals surface area (Å²) < 4.78 is 7.49. The zero-order valence-corrected chi connectivity index (χ0v) is 21.4. The lowest BCUT2D eigenvalue weighted by Crippen LogP contribution is -2.40. The van der Waals surface area contributed by atoms with Gasteiger partial charge in [-0.2, -0.15) is 0 Å². The highest BCUT2D eigenvalue weighted by Crippen LogP contribution is 2.10. The molecule has 0 atom stereocenters. The Labute approximate surface area is 203 Å². The number of nitrogens with zero attached hydrogens (tertiary/aromatic N) is 5. The molecule has 0 bridgehead atoms. The second kappa shape index (κ2) is 16.8. The maximum Gasteiger partial charge on any atom is 0.191 e. The van der Waals surface area contributed by atoms with Crippen LogP contribution in [-0.4, -0.2) is 67.2 Å². The van der Waals surface area contributed by atoms with Gasteiger partial charge in [-0.1, -0.05) is 25.1 Å². The van der Waals surface area contributed by atoms with Gasteiger partial charge >= 0.3 is 0 Å². The van der Waals surface area contributed by atoms with E-state index in [-0.39, 0.29) is 24.0 Å². The van der Waals surface area contributed by atoms with Crippen molar-refractivity contribution in [1.82, 2.24) is 25.4 Å². The van der Waals surface area contributed by atoms with Gasteiger partial charge in [-0.3, -0.25) is 4.99 Å². The van der Waals surface area contributed by atoms with Crippen LogP contribution in [0.3, 0.4) is 0 Å². The molecule has 0 aliphatic rings. The zero-order valence-electron chi connectivity index (χ0n) is 19.1. The van der Waals surface area contributed by atoms with E-state index in [2.05, 4.69) is 68.5 Å². The van der Waals surface area contributed by atoms with E-state index in [1.54, 1.807) is 6.33 Å². The largest absolute Gasteiger partial charge is 0.382 e. The molecule has 8 nitrogen and oxygen atoms in total. The van der Waals surface area contributed by atoms with E-state index in [1.165, 1.54) is 5.69 Å². The van der Waals surface area contributed by atoms with Crippen molar-refractivity contribution in [1.29, 1.82) is 0 Å². The highest BCUT2D eigenvalue weighted by Gasteiger charge is 2.03. The molecule has 174 valence electrons. The number of guanidine groups is 1. The second-order valence-corrected chi connectivity index (χ2v) is 7.04. The summed E-state index contributed by atoms with van der Waals surface area (Å²) in [4.78, 5) is 7.02. The van der Waals surface area contributed by atoms with Crippen LogP contribution < -0.4 is 15.5 Å². The number of hydrogen-bond donors (Lipinski definition) is 2. The van der Waals surface area contributed by atoms with Crippen molar-refractivity contribution in [3.8, 4) is 0 Å². The molecule has 0 fully saturated rings. The summed E-state index contributed by atoms with van der Waals surface area (Å²) in [5, 5.41) is 15.0. The first-order valence-corrected chi connectivity index (χ1v) is 11.0. The Morgan fingerprint density at radius 2 is 1.90 bits per heavy atom. The topological polar surface area (TPSA) is 79.6 Å². The van der Waals surface area contributed by atoms with Crippen LogP contribution in [0.2, 0.25) is 0 Å². The lowest BCUT2D eigenvalue weighted by atomic mass is 10.3. The van der Waals surface area contributed by atoms with E-state index >= 15 is 0 Å². The molecule has 31 heavy (non-hydrogen) atoms. The molecule has 0 amide bonds. The van der Waals surface area contributed by atoms with Crippen LogP contribution in [0.5, 0.6) is 0 Å². The summed E-state index contributed by atoms with van der Waals surface area (Å²) in [6, 6.07) is 10.4. The quantitative estimate of drug-likeness (QED) is 0.165. The highest BCUT2D eigenvalue weighted by molar-refractivity contribution is 14.0. The first kappa shape index (κ1) is 27.2. The van der Waals surface area contributed by atoms with Crippen molar-refractivity contribution in [3.05, 3.63) is 42.5 Å². The predicted octanol–water partition coefficient (Wildman–Crippen LogP) is 2.95. The zero-order chi connectivity index (χ0) is 21.4. The Balaban J connectivity index is 0.00000480. The van der Waals surface area contributed by atoms with E-state index in [4.69, 9.17) is 9.73 Å². The first-order chi connectivity index (χ1) is 14.7. The van der Waals surface area contributed by atoms with Gasteiger partial charge in [-0.15, -0.1) is 34.2 Å². The Morgan fingerprint density at radius 1 is 1.13 bits per heavy atom. The average molecular weight is 543 g/mol. The molecule has 0 saturated heterocycles. The second-order valence-electron chi connectivity index (χ2n) is 7.04. The number of ether oxygens (including phenoxy) is 1. The van der Waals surface area contributed by atoms with Crippen LogP contribution in [0.4, 0.5) is 5.69 Å². The molecule has 9 heteroatoms.